The van der Waals surface area contributed by atoms with Gasteiger partial charge in [-0.3, -0.25) is 0 Å². The van der Waals surface area contributed by atoms with Crippen LogP contribution in [-0.2, 0) is 0 Å². The molecule has 4 heteroatoms. The molecule has 0 aliphatic carbocycles. The van der Waals surface area contributed by atoms with E-state index in [2.05, 4.69) is 5.10 Å². The number of carbonyl (C=O) groups excluding carboxylic acids is 1. The summed E-state index contributed by atoms with van der Waals surface area (Å²) >= 11 is 0. The molecule has 0 radical (unpaired) electrons. The molecule has 0 fully saturated rings. The van der Waals surface area contributed by atoms with Crippen molar-refractivity contribution in [3.05, 3.63) is 47.1 Å². The third-order valence-electron chi connectivity index (χ3n) is 1.88. The summed E-state index contributed by atoms with van der Waals surface area (Å²) in [5.74, 6) is 0. The Labute approximate surface area is 80.6 Å². The van der Waals surface area contributed by atoms with Crippen LogP contribution in [0.5, 0.6) is 0 Å². The number of fused-ring (bicyclic) bond motifs is 1. The molecule has 0 saturated carbocycles. The van der Waals surface area contributed by atoms with Gasteiger partial charge in [0.15, 0.2) is 0 Å². The number of benzene rings is 1. The molecule has 0 spiro atoms. The van der Waals surface area contributed by atoms with Crippen molar-refractivity contribution in [2.45, 2.75) is 0 Å². The first-order valence-corrected chi connectivity index (χ1v) is 4.18. The van der Waals surface area contributed by atoms with Crippen molar-refractivity contribution in [3.8, 4) is 0 Å². The predicted molar refractivity (Wildman–Crippen MR) is 52.3 cm³/mol. The number of amides is 2. The second-order valence-corrected chi connectivity index (χ2v) is 2.85. The van der Waals surface area contributed by atoms with Crippen molar-refractivity contribution in [2.24, 2.45) is 10.8 Å². The van der Waals surface area contributed by atoms with Gasteiger partial charge < -0.3 is 5.73 Å². The van der Waals surface area contributed by atoms with Crippen LogP contribution in [0.4, 0.5) is 4.79 Å². The zero-order valence-corrected chi connectivity index (χ0v) is 7.42. The largest absolute Gasteiger partial charge is 0.350 e. The predicted octanol–water partition coefficient (Wildman–Crippen LogP) is -0.0903. The normalized spacial score (nSPS) is 13.6. The summed E-state index contributed by atoms with van der Waals surface area (Å²) < 4.78 is 0. The summed E-state index contributed by atoms with van der Waals surface area (Å²) in [6, 6.07) is 6.94. The molecule has 1 aromatic rings. The van der Waals surface area contributed by atoms with Crippen LogP contribution in [-0.4, -0.2) is 11.0 Å². The standard InChI is InChI=1S/C10H9N3O/c11-10(14)13-7-3-5-8-4-1-2-6-9(8)12-13/h1-7H,(H2,11,14). The van der Waals surface area contributed by atoms with E-state index in [0.29, 0.717) is 0 Å². The molecular weight excluding hydrogens is 178 g/mol. The molecule has 1 aromatic carbocycles. The number of hydrogen-bond donors (Lipinski definition) is 1. The molecule has 0 unspecified atom stereocenters. The van der Waals surface area contributed by atoms with Gasteiger partial charge in [0.25, 0.3) is 0 Å². The van der Waals surface area contributed by atoms with E-state index < -0.39 is 6.03 Å². The van der Waals surface area contributed by atoms with Crippen LogP contribution in [0.25, 0.3) is 6.08 Å². The Kier molecular flexibility index (Phi) is 2.02. The first-order chi connectivity index (χ1) is 6.77. The minimum atomic E-state index is -0.591. The van der Waals surface area contributed by atoms with Gasteiger partial charge in [-0.2, -0.15) is 10.1 Å². The van der Waals surface area contributed by atoms with Crippen LogP contribution in [0.2, 0.25) is 0 Å². The minimum Gasteiger partial charge on any atom is -0.350 e. The summed E-state index contributed by atoms with van der Waals surface area (Å²) in [7, 11) is 0. The summed E-state index contributed by atoms with van der Waals surface area (Å²) in [5.41, 5.74) is 5.12. The Morgan fingerprint density at radius 2 is 2.14 bits per heavy atom. The highest BCUT2D eigenvalue weighted by Gasteiger charge is 2.03. The highest BCUT2D eigenvalue weighted by Crippen LogP contribution is 1.92. The van der Waals surface area contributed by atoms with Crippen molar-refractivity contribution < 1.29 is 4.79 Å². The number of nitrogens with zero attached hydrogens (tertiary/aromatic N) is 2. The van der Waals surface area contributed by atoms with Gasteiger partial charge in [-0.1, -0.05) is 24.3 Å². The lowest BCUT2D eigenvalue weighted by Crippen LogP contribution is -2.31. The number of hydrogen-bond acceptors (Lipinski definition) is 2. The Bertz CT molecular complexity index is 504. The van der Waals surface area contributed by atoms with Gasteiger partial charge in [-0.15, -0.1) is 0 Å². The molecule has 1 aliphatic heterocycles. The van der Waals surface area contributed by atoms with Crippen LogP contribution < -0.4 is 16.3 Å². The van der Waals surface area contributed by atoms with Gasteiger partial charge >= 0.3 is 6.03 Å². The Balaban J connectivity index is 2.63. The zero-order chi connectivity index (χ0) is 9.97. The van der Waals surface area contributed by atoms with Gasteiger partial charge in [0.05, 0.1) is 5.36 Å². The number of nitrogens with two attached hydrogens (primary N) is 1. The average Bonchev–Trinajstić information content (AvgIpc) is 2.39. The molecular formula is C10H9N3O. The quantitative estimate of drug-likeness (QED) is 0.606. The number of primary amides is 1. The van der Waals surface area contributed by atoms with Crippen LogP contribution in [0.3, 0.4) is 0 Å². The SMILES string of the molecule is NC(=O)N1C=CC=c2ccccc2=N1. The molecule has 70 valence electrons. The van der Waals surface area contributed by atoms with Crippen molar-refractivity contribution in [1.29, 1.82) is 0 Å². The highest BCUT2D eigenvalue weighted by molar-refractivity contribution is 5.73. The second kappa shape index (κ2) is 3.33. The maximum atomic E-state index is 10.9. The monoisotopic (exact) mass is 187 g/mol. The molecule has 14 heavy (non-hydrogen) atoms. The third kappa shape index (κ3) is 1.50. The van der Waals surface area contributed by atoms with E-state index in [1.165, 1.54) is 6.20 Å². The molecule has 1 aliphatic rings. The van der Waals surface area contributed by atoms with Gasteiger partial charge in [-0.05, 0) is 12.1 Å². The summed E-state index contributed by atoms with van der Waals surface area (Å²) in [6.07, 6.45) is 5.14. The second-order valence-electron chi connectivity index (χ2n) is 2.85. The lowest BCUT2D eigenvalue weighted by Gasteiger charge is -2.05. The lowest BCUT2D eigenvalue weighted by atomic mass is 10.3. The van der Waals surface area contributed by atoms with Gasteiger partial charge in [0.1, 0.15) is 0 Å². The van der Waals surface area contributed by atoms with Gasteiger partial charge in [0.2, 0.25) is 0 Å². The van der Waals surface area contributed by atoms with E-state index in [-0.39, 0.29) is 0 Å². The number of urea groups is 1. The topological polar surface area (TPSA) is 58.7 Å². The first-order valence-electron chi connectivity index (χ1n) is 4.18. The first kappa shape index (κ1) is 8.50. The highest BCUT2D eigenvalue weighted by atomic mass is 16.2. The Morgan fingerprint density at radius 1 is 1.36 bits per heavy atom. The molecule has 0 bridgehead atoms. The molecule has 0 aromatic heterocycles. The van der Waals surface area contributed by atoms with Crippen molar-refractivity contribution in [1.82, 2.24) is 5.01 Å². The fourth-order valence-electron chi connectivity index (χ4n) is 1.22. The van der Waals surface area contributed by atoms with E-state index in [1.54, 1.807) is 6.08 Å². The fraction of sp³-hybridized carbons (Fsp3) is 0. The van der Waals surface area contributed by atoms with E-state index in [1.807, 2.05) is 30.3 Å². The van der Waals surface area contributed by atoms with Crippen LogP contribution in [0.15, 0.2) is 41.6 Å². The molecule has 2 rings (SSSR count). The van der Waals surface area contributed by atoms with E-state index in [0.717, 1.165) is 15.6 Å². The van der Waals surface area contributed by atoms with Crippen molar-refractivity contribution in [3.63, 3.8) is 0 Å². The van der Waals surface area contributed by atoms with E-state index in [9.17, 15) is 4.79 Å². The van der Waals surface area contributed by atoms with Gasteiger partial charge in [0, 0.05) is 11.4 Å². The Morgan fingerprint density at radius 3 is 2.93 bits per heavy atom. The van der Waals surface area contributed by atoms with E-state index >= 15 is 0 Å². The van der Waals surface area contributed by atoms with Crippen LogP contribution >= 0.6 is 0 Å². The van der Waals surface area contributed by atoms with Crippen molar-refractivity contribution >= 4 is 12.1 Å². The summed E-state index contributed by atoms with van der Waals surface area (Å²) in [5, 5.41) is 6.89. The third-order valence-corrected chi connectivity index (χ3v) is 1.88. The van der Waals surface area contributed by atoms with Gasteiger partial charge in [-0.25, -0.2) is 4.79 Å². The maximum Gasteiger partial charge on any atom is 0.339 e. The molecule has 2 N–H and O–H groups in total. The number of rotatable bonds is 0. The minimum absolute atomic E-state index is 0.591. The zero-order valence-electron chi connectivity index (χ0n) is 7.42. The van der Waals surface area contributed by atoms with E-state index in [4.69, 9.17) is 5.73 Å². The summed E-state index contributed by atoms with van der Waals surface area (Å²) in [6.45, 7) is 0. The fourth-order valence-corrected chi connectivity index (χ4v) is 1.22. The smallest absolute Gasteiger partial charge is 0.339 e. The number of allylic oxidation sites excluding steroid dienone is 1. The van der Waals surface area contributed by atoms with Crippen molar-refractivity contribution in [2.75, 3.05) is 0 Å². The summed E-state index contributed by atoms with van der Waals surface area (Å²) in [4.78, 5) is 10.9. The molecule has 2 amide bonds. The lowest BCUT2D eigenvalue weighted by molar-refractivity contribution is 0.225. The molecule has 0 atom stereocenters. The maximum absolute atomic E-state index is 10.9. The average molecular weight is 187 g/mol. The van der Waals surface area contributed by atoms with Crippen LogP contribution in [0.1, 0.15) is 0 Å². The molecule has 1 heterocycles. The molecule has 4 nitrogen and oxygen atoms in total. The Hall–Kier alpha value is -2.10. The number of carbonyl (C=O) groups is 1. The van der Waals surface area contributed by atoms with Crippen LogP contribution in [0, 0.1) is 0 Å². The molecule has 0 saturated heterocycles.